The maximum Gasteiger partial charge on any atom is 0 e. The Balaban J connectivity index is -0.000000234. The first-order chi connectivity index (χ1) is 5.34. The summed E-state index contributed by atoms with van der Waals surface area (Å²) in [6.45, 7) is 8.29. The molecule has 0 fully saturated rings. The van der Waals surface area contributed by atoms with Crippen molar-refractivity contribution >= 4 is 0 Å². The van der Waals surface area contributed by atoms with E-state index in [4.69, 9.17) is 0 Å². The molecule has 0 aromatic heterocycles. The molecule has 1 aromatic carbocycles. The van der Waals surface area contributed by atoms with Gasteiger partial charge in [0.05, 0.1) is 0 Å². The molecule has 0 heterocycles. The minimum atomic E-state index is 0. The van der Waals surface area contributed by atoms with Gasteiger partial charge in [-0.25, -0.2) is 0 Å². The number of hydrogen-bond donors (Lipinski definition) is 0. The van der Waals surface area contributed by atoms with Crippen LogP contribution in [-0.4, -0.2) is 0 Å². The van der Waals surface area contributed by atoms with E-state index >= 15 is 0 Å². The van der Waals surface area contributed by atoms with Gasteiger partial charge in [0.25, 0.3) is 0 Å². The average Bonchev–Trinajstić information content (AvgIpc) is 2.09. The Bertz CT molecular complexity index is 194. The first kappa shape index (κ1) is 19.0. The minimum absolute atomic E-state index is 0. The molecule has 0 amide bonds. The van der Waals surface area contributed by atoms with E-state index in [-0.39, 0.29) is 40.1 Å². The monoisotopic (exact) mass is 253 g/mol. The first-order valence-electron chi connectivity index (χ1n) is 4.30. The smallest absolute Gasteiger partial charge is 0 e. The van der Waals surface area contributed by atoms with Gasteiger partial charge in [0.15, 0.2) is 0 Å². The fraction of sp³-hybridized carbons (Fsp3) is 0.417. The standard InChI is InChI=1S/C9H11.C2H6.CH3.Y/c1-3-9-7-5-4-6-8(9)2;1-2;;/h4,6-7H,3H2,1-2H3;1-2H3;1H3;/q-1;;-1;. The Labute approximate surface area is 109 Å². The van der Waals surface area contributed by atoms with Crippen LogP contribution in [0.3, 0.4) is 0 Å². The normalized spacial score (nSPS) is 7.08. The molecule has 1 radical (unpaired) electrons. The van der Waals surface area contributed by atoms with Crippen LogP contribution in [-0.2, 0) is 39.1 Å². The van der Waals surface area contributed by atoms with Gasteiger partial charge in [-0.3, -0.25) is 0 Å². The Morgan fingerprint density at radius 1 is 1.31 bits per heavy atom. The maximum absolute atomic E-state index is 3.05. The Morgan fingerprint density at radius 2 is 1.85 bits per heavy atom. The summed E-state index contributed by atoms with van der Waals surface area (Å²) in [4.78, 5) is 0. The summed E-state index contributed by atoms with van der Waals surface area (Å²) in [7, 11) is 0. The van der Waals surface area contributed by atoms with Crippen LogP contribution in [0.5, 0.6) is 0 Å². The molecule has 1 heteroatoms. The fourth-order valence-electron chi connectivity index (χ4n) is 0.924. The van der Waals surface area contributed by atoms with Gasteiger partial charge in [-0.2, -0.15) is 35.4 Å². The Kier molecular flexibility index (Phi) is 18.0. The zero-order valence-corrected chi connectivity index (χ0v) is 12.4. The molecule has 73 valence electrons. The summed E-state index contributed by atoms with van der Waals surface area (Å²) in [6, 6.07) is 9.15. The largest absolute Gasteiger partial charge is 0.358 e. The van der Waals surface area contributed by atoms with E-state index in [1.807, 2.05) is 19.9 Å². The molecule has 0 saturated heterocycles. The van der Waals surface area contributed by atoms with Gasteiger partial charge in [0.1, 0.15) is 0 Å². The average molecular weight is 253 g/mol. The van der Waals surface area contributed by atoms with Crippen molar-refractivity contribution in [1.29, 1.82) is 0 Å². The van der Waals surface area contributed by atoms with E-state index < -0.39 is 0 Å². The van der Waals surface area contributed by atoms with Crippen molar-refractivity contribution < 1.29 is 32.7 Å². The summed E-state index contributed by atoms with van der Waals surface area (Å²) in [6.07, 6.45) is 1.11. The van der Waals surface area contributed by atoms with Crippen molar-refractivity contribution in [1.82, 2.24) is 0 Å². The van der Waals surface area contributed by atoms with Crippen LogP contribution in [0, 0.1) is 20.4 Å². The van der Waals surface area contributed by atoms with Crippen LogP contribution < -0.4 is 0 Å². The van der Waals surface area contributed by atoms with Crippen LogP contribution in [0.15, 0.2) is 18.2 Å². The molecule has 0 aliphatic heterocycles. The van der Waals surface area contributed by atoms with Gasteiger partial charge in [-0.15, -0.1) is 0 Å². The fourth-order valence-corrected chi connectivity index (χ4v) is 0.924. The van der Waals surface area contributed by atoms with Gasteiger partial charge in [0, 0.05) is 32.7 Å². The molecular weight excluding hydrogens is 233 g/mol. The third-order valence-corrected chi connectivity index (χ3v) is 1.57. The van der Waals surface area contributed by atoms with Crippen LogP contribution in [0.25, 0.3) is 0 Å². The zero-order chi connectivity index (χ0) is 8.69. The SMILES string of the molecule is CC.CCc1c[c-]ccc1C.[CH3-].[Y]. The predicted molar refractivity (Wildman–Crippen MR) is 57.2 cm³/mol. The van der Waals surface area contributed by atoms with E-state index in [9.17, 15) is 0 Å². The van der Waals surface area contributed by atoms with Crippen molar-refractivity contribution in [3.63, 3.8) is 0 Å². The van der Waals surface area contributed by atoms with Crippen molar-refractivity contribution in [2.45, 2.75) is 34.1 Å². The second kappa shape index (κ2) is 12.3. The van der Waals surface area contributed by atoms with Gasteiger partial charge in [-0.1, -0.05) is 34.1 Å². The van der Waals surface area contributed by atoms with E-state index in [0.29, 0.717) is 0 Å². The maximum atomic E-state index is 3.05. The zero-order valence-electron chi connectivity index (χ0n) is 9.52. The second-order valence-electron chi connectivity index (χ2n) is 2.21. The van der Waals surface area contributed by atoms with Crippen molar-refractivity contribution in [3.8, 4) is 0 Å². The minimum Gasteiger partial charge on any atom is -0.358 e. The van der Waals surface area contributed by atoms with Gasteiger partial charge >= 0.3 is 0 Å². The van der Waals surface area contributed by atoms with Crippen LogP contribution >= 0.6 is 0 Å². The van der Waals surface area contributed by atoms with Crippen molar-refractivity contribution in [2.75, 3.05) is 0 Å². The van der Waals surface area contributed by atoms with Crippen molar-refractivity contribution in [3.05, 3.63) is 42.8 Å². The summed E-state index contributed by atoms with van der Waals surface area (Å²) in [5.41, 5.74) is 2.77. The van der Waals surface area contributed by atoms with Gasteiger partial charge in [-0.05, 0) is 0 Å². The third kappa shape index (κ3) is 7.40. The van der Waals surface area contributed by atoms with Gasteiger partial charge in [0.2, 0.25) is 0 Å². The molecule has 1 rings (SSSR count). The van der Waals surface area contributed by atoms with E-state index in [0.717, 1.165) is 6.42 Å². The molecule has 13 heavy (non-hydrogen) atoms. The topological polar surface area (TPSA) is 0 Å². The third-order valence-electron chi connectivity index (χ3n) is 1.57. The Hall–Kier alpha value is 0.324. The quantitative estimate of drug-likeness (QED) is 0.667. The second-order valence-corrected chi connectivity index (χ2v) is 2.21. The number of rotatable bonds is 1. The summed E-state index contributed by atoms with van der Waals surface area (Å²) in [5.74, 6) is 0. The summed E-state index contributed by atoms with van der Waals surface area (Å²) >= 11 is 0. The summed E-state index contributed by atoms with van der Waals surface area (Å²) in [5, 5.41) is 0. The molecule has 1 aromatic rings. The van der Waals surface area contributed by atoms with E-state index in [1.54, 1.807) is 0 Å². The van der Waals surface area contributed by atoms with Crippen LogP contribution in [0.2, 0.25) is 0 Å². The predicted octanol–water partition coefficient (Wildman–Crippen LogP) is 3.83. The van der Waals surface area contributed by atoms with Crippen LogP contribution in [0.4, 0.5) is 0 Å². The molecule has 0 aliphatic rings. The summed E-state index contributed by atoms with van der Waals surface area (Å²) < 4.78 is 0. The van der Waals surface area contributed by atoms with E-state index in [2.05, 4.69) is 32.0 Å². The molecule has 0 spiro atoms. The molecule has 0 bridgehead atoms. The molecule has 0 aliphatic carbocycles. The Morgan fingerprint density at radius 3 is 2.15 bits per heavy atom. The van der Waals surface area contributed by atoms with Crippen molar-refractivity contribution in [2.24, 2.45) is 0 Å². The molecule has 0 nitrogen and oxygen atoms in total. The molecular formula is C12H20Y-2. The molecule has 0 atom stereocenters. The molecule has 0 unspecified atom stereocenters. The number of aryl methyl sites for hydroxylation is 2. The van der Waals surface area contributed by atoms with E-state index in [1.165, 1.54) is 11.1 Å². The van der Waals surface area contributed by atoms with Crippen LogP contribution in [0.1, 0.15) is 31.9 Å². The number of benzene rings is 1. The molecule has 0 N–H and O–H groups in total. The molecule has 0 saturated carbocycles. The van der Waals surface area contributed by atoms with Gasteiger partial charge < -0.3 is 7.43 Å². The number of hydrogen-bond acceptors (Lipinski definition) is 0. The first-order valence-corrected chi connectivity index (χ1v) is 4.30.